The second-order valence-corrected chi connectivity index (χ2v) is 20.5. The number of anilines is 2. The third kappa shape index (κ3) is 12.7. The molecular weight excluding hydrogens is 765 g/mol. The van der Waals surface area contributed by atoms with Gasteiger partial charge in [0.05, 0.1) is 28.9 Å². The molecule has 1 saturated heterocycles. The van der Waals surface area contributed by atoms with Crippen LogP contribution in [-0.4, -0.2) is 78.1 Å². The quantitative estimate of drug-likeness (QED) is 0.105. The summed E-state index contributed by atoms with van der Waals surface area (Å²) in [5, 5.41) is 1.37. The van der Waals surface area contributed by atoms with E-state index in [0.717, 1.165) is 21.1 Å². The molecule has 5 rings (SSSR count). The summed E-state index contributed by atoms with van der Waals surface area (Å²) in [6, 6.07) is 11.7. The van der Waals surface area contributed by atoms with Crippen LogP contribution < -0.4 is 37.0 Å². The Labute approximate surface area is 319 Å². The zero-order chi connectivity index (χ0) is 37.5. The van der Waals surface area contributed by atoms with Crippen molar-refractivity contribution in [2.75, 3.05) is 51.3 Å². The van der Waals surface area contributed by atoms with E-state index in [4.69, 9.17) is 30.2 Å². The van der Waals surface area contributed by atoms with Gasteiger partial charge < -0.3 is 39.4 Å². The van der Waals surface area contributed by atoms with Crippen LogP contribution in [0.3, 0.4) is 0 Å². The molecule has 1 aliphatic rings. The van der Waals surface area contributed by atoms with Gasteiger partial charge in [-0.25, -0.2) is 19.9 Å². The fourth-order valence-electron chi connectivity index (χ4n) is 4.52. The topological polar surface area (TPSA) is 175 Å². The lowest BCUT2D eigenvalue weighted by molar-refractivity contribution is 0.00578. The predicted octanol–water partition coefficient (Wildman–Crippen LogP) is 7.10. The number of aromatic nitrogens is 4. The molecule has 0 atom stereocenters. The fourth-order valence-corrected chi connectivity index (χ4v) is 7.02. The van der Waals surface area contributed by atoms with Crippen LogP contribution in [0.1, 0.15) is 56.4 Å². The first kappa shape index (κ1) is 46.7. The van der Waals surface area contributed by atoms with Crippen LogP contribution in [0, 0.1) is 0 Å². The molecule has 0 amide bonds. The van der Waals surface area contributed by atoms with Crippen molar-refractivity contribution in [2.24, 2.45) is 0 Å². The number of nitrogens with two attached hydrogens (primary N) is 2. The van der Waals surface area contributed by atoms with Gasteiger partial charge in [0.25, 0.3) is 0 Å². The van der Waals surface area contributed by atoms with Gasteiger partial charge in [-0.2, -0.15) is 0 Å². The van der Waals surface area contributed by atoms with Crippen molar-refractivity contribution in [1.29, 1.82) is 0 Å². The Balaban J connectivity index is 0.000000403. The summed E-state index contributed by atoms with van der Waals surface area (Å²) < 4.78 is 47.6. The van der Waals surface area contributed by atoms with Gasteiger partial charge in [-0.05, 0) is 119 Å². The Hall–Kier alpha value is -3.28. The van der Waals surface area contributed by atoms with Gasteiger partial charge in [0.15, 0.2) is 0 Å². The van der Waals surface area contributed by atoms with E-state index >= 15 is 0 Å². The zero-order valence-corrected chi connectivity index (χ0v) is 33.8. The molecule has 1 aliphatic heterocycles. The minimum absolute atomic E-state index is 0. The number of rotatable bonds is 8. The van der Waals surface area contributed by atoms with Gasteiger partial charge in [-0.1, -0.05) is 27.0 Å². The monoisotopic (exact) mass is 820 g/mol. The normalized spacial score (nSPS) is 14.3. The van der Waals surface area contributed by atoms with Crippen LogP contribution in [0.15, 0.2) is 65.7 Å². The first-order valence-electron chi connectivity index (χ1n) is 16.0. The standard InChI is InChI=1S/C14H23BNO3P.C14H18N3O2P.C6H7BrN2O.2CH4/c1-13(2)14(3,4)19-15(18-13)10-7-8-11(16)12(9-10)20(5,6)17;1-4-19-14-16-8-11(9-17-14)10-5-6-12(15)13(7-10)20(2,3)18;1-2-10-6-8-3-5(7)4-9-6;;/h7-9H,16H2,1-6H3;5-9H,4,15H2,1-3H3;3-4H,2H2,1H3;2*1H4. The van der Waals surface area contributed by atoms with Crippen LogP contribution in [0.25, 0.3) is 11.1 Å². The molecule has 2 aromatic carbocycles. The summed E-state index contributed by atoms with van der Waals surface area (Å²) in [6.45, 7) is 19.8. The van der Waals surface area contributed by atoms with E-state index in [-0.39, 0.29) is 26.1 Å². The summed E-state index contributed by atoms with van der Waals surface area (Å²) in [6.07, 6.45) is 6.67. The summed E-state index contributed by atoms with van der Waals surface area (Å²) in [5.74, 6) is 0. The molecule has 286 valence electrons. The number of ether oxygens (including phenoxy) is 2. The van der Waals surface area contributed by atoms with Crippen molar-refractivity contribution >= 4 is 64.8 Å². The van der Waals surface area contributed by atoms with E-state index in [0.29, 0.717) is 47.2 Å². The van der Waals surface area contributed by atoms with E-state index in [1.807, 2.05) is 65.8 Å². The SMILES string of the molecule is C.C.CC1(C)OB(c2ccc(N)c(P(C)(C)=O)c2)OC1(C)C.CCOc1ncc(-c2ccc(N)c(P(C)(C)=O)c2)cn1.CCOc1ncc(Br)cn1. The van der Waals surface area contributed by atoms with Crippen molar-refractivity contribution in [3.05, 3.63) is 65.7 Å². The first-order chi connectivity index (χ1) is 23.2. The summed E-state index contributed by atoms with van der Waals surface area (Å²) in [4.78, 5) is 16.0. The average Bonchev–Trinajstić information content (AvgIpc) is 3.25. The largest absolute Gasteiger partial charge is 0.494 e. The molecule has 16 heteroatoms. The second kappa shape index (κ2) is 19.2. The summed E-state index contributed by atoms with van der Waals surface area (Å²) >= 11 is 3.22. The molecule has 0 unspecified atom stereocenters. The Morgan fingerprint density at radius 3 is 1.52 bits per heavy atom. The molecule has 0 radical (unpaired) electrons. The van der Waals surface area contributed by atoms with Gasteiger partial charge >= 0.3 is 19.1 Å². The molecule has 12 nitrogen and oxygen atoms in total. The van der Waals surface area contributed by atoms with Gasteiger partial charge in [0.2, 0.25) is 0 Å². The van der Waals surface area contributed by atoms with Crippen LogP contribution in [0.5, 0.6) is 12.0 Å². The number of benzene rings is 2. The fraction of sp³-hybridized carbons (Fsp3) is 0.444. The van der Waals surface area contributed by atoms with Crippen molar-refractivity contribution in [1.82, 2.24) is 19.9 Å². The van der Waals surface area contributed by atoms with Crippen molar-refractivity contribution < 1.29 is 27.9 Å². The van der Waals surface area contributed by atoms with Gasteiger partial charge in [-0.15, -0.1) is 0 Å². The third-order valence-corrected chi connectivity index (χ3v) is 11.4. The van der Waals surface area contributed by atoms with E-state index in [9.17, 15) is 9.13 Å². The average molecular weight is 822 g/mol. The number of hydrogen-bond acceptors (Lipinski definition) is 12. The van der Waals surface area contributed by atoms with Gasteiger partial charge in [0, 0.05) is 52.3 Å². The highest BCUT2D eigenvalue weighted by molar-refractivity contribution is 9.10. The highest BCUT2D eigenvalue weighted by Crippen LogP contribution is 2.39. The maximum Gasteiger partial charge on any atom is 0.494 e. The Morgan fingerprint density at radius 1 is 0.692 bits per heavy atom. The van der Waals surface area contributed by atoms with Crippen molar-refractivity contribution in [3.8, 4) is 23.1 Å². The van der Waals surface area contributed by atoms with Crippen molar-refractivity contribution in [2.45, 2.75) is 67.6 Å². The van der Waals surface area contributed by atoms with Crippen molar-refractivity contribution in [3.63, 3.8) is 0 Å². The van der Waals surface area contributed by atoms with Crippen LogP contribution >= 0.6 is 30.2 Å². The van der Waals surface area contributed by atoms with E-state index in [2.05, 4.69) is 35.9 Å². The number of nitrogens with zero attached hydrogens (tertiary/aromatic N) is 4. The minimum Gasteiger partial charge on any atom is -0.464 e. The molecule has 4 aromatic rings. The minimum atomic E-state index is -2.42. The molecule has 52 heavy (non-hydrogen) atoms. The third-order valence-electron chi connectivity index (χ3n) is 7.88. The maximum absolute atomic E-state index is 12.3. The molecule has 0 bridgehead atoms. The Morgan fingerprint density at radius 2 is 1.10 bits per heavy atom. The highest BCUT2D eigenvalue weighted by atomic mass is 79.9. The maximum atomic E-state index is 12.3. The predicted molar refractivity (Wildman–Crippen MR) is 222 cm³/mol. The smallest absolute Gasteiger partial charge is 0.464 e. The van der Waals surface area contributed by atoms with E-state index in [1.165, 1.54) is 0 Å². The molecule has 2 aromatic heterocycles. The Bertz CT molecular complexity index is 1820. The van der Waals surface area contributed by atoms with Gasteiger partial charge in [0.1, 0.15) is 14.3 Å². The molecule has 4 N–H and O–H groups in total. The van der Waals surface area contributed by atoms with Gasteiger partial charge in [-0.3, -0.25) is 0 Å². The molecule has 0 aliphatic carbocycles. The van der Waals surface area contributed by atoms with Crippen LogP contribution in [0.4, 0.5) is 11.4 Å². The lowest BCUT2D eigenvalue weighted by Gasteiger charge is -2.32. The molecule has 0 saturated carbocycles. The zero-order valence-electron chi connectivity index (χ0n) is 30.4. The number of nitrogen functional groups attached to an aromatic ring is 2. The first-order valence-corrected chi connectivity index (χ1v) is 22.0. The molecule has 1 fully saturated rings. The summed E-state index contributed by atoms with van der Waals surface area (Å²) in [7, 11) is -5.29. The second-order valence-electron chi connectivity index (χ2n) is 13.2. The van der Waals surface area contributed by atoms with Crippen LogP contribution in [-0.2, 0) is 18.4 Å². The van der Waals surface area contributed by atoms with Crippen LogP contribution in [0.2, 0.25) is 0 Å². The lowest BCUT2D eigenvalue weighted by Crippen LogP contribution is -2.41. The lowest BCUT2D eigenvalue weighted by atomic mass is 9.79. The summed E-state index contributed by atoms with van der Waals surface area (Å²) in [5.41, 5.74) is 14.7. The van der Waals surface area contributed by atoms with E-state index in [1.54, 1.807) is 63.6 Å². The van der Waals surface area contributed by atoms with E-state index < -0.39 is 21.4 Å². The molecule has 3 heterocycles. The highest BCUT2D eigenvalue weighted by Gasteiger charge is 2.51. The molecular formula is C36H56BBrN6O6P2. The Kier molecular flexibility index (Phi) is 17.2. The number of halogens is 1. The number of hydrogen-bond donors (Lipinski definition) is 2. The molecule has 0 spiro atoms.